The third-order valence-corrected chi connectivity index (χ3v) is 4.56. The van der Waals surface area contributed by atoms with Crippen LogP contribution in [-0.2, 0) is 11.2 Å². The van der Waals surface area contributed by atoms with E-state index < -0.39 is 5.63 Å². The average molecular weight is 393 g/mol. The number of nitrogens with one attached hydrogen (secondary N) is 1. The smallest absolute Gasteiger partial charge is 0.336 e. The van der Waals surface area contributed by atoms with Crippen molar-refractivity contribution in [3.05, 3.63) is 76.1 Å². The molecular weight excluding hydrogens is 370 g/mol. The van der Waals surface area contributed by atoms with Crippen LogP contribution in [0.15, 0.2) is 63.8 Å². The lowest BCUT2D eigenvalue weighted by molar-refractivity contribution is -0.119. The summed E-state index contributed by atoms with van der Waals surface area (Å²) in [7, 11) is 0. The maximum absolute atomic E-state index is 12.4. The highest BCUT2D eigenvalue weighted by Crippen LogP contribution is 2.19. The van der Waals surface area contributed by atoms with Gasteiger partial charge in [-0.15, -0.1) is 0 Å². The Morgan fingerprint density at radius 2 is 1.79 bits per heavy atom. The van der Waals surface area contributed by atoms with Gasteiger partial charge in [-0.25, -0.2) is 4.79 Å². The summed E-state index contributed by atoms with van der Waals surface area (Å²) in [6, 6.07) is 15.6. The number of aryl methyl sites for hydroxylation is 1. The molecule has 0 bridgehead atoms. The second-order valence-electron chi connectivity index (χ2n) is 7.00. The molecule has 1 heterocycles. The van der Waals surface area contributed by atoms with E-state index in [2.05, 4.69) is 5.32 Å². The number of hydrogen-bond acceptors (Lipinski definition) is 5. The number of rotatable bonds is 8. The van der Waals surface area contributed by atoms with Crippen molar-refractivity contribution in [2.24, 2.45) is 0 Å². The molecule has 0 aliphatic rings. The summed E-state index contributed by atoms with van der Waals surface area (Å²) in [4.78, 5) is 34.8. The van der Waals surface area contributed by atoms with Crippen molar-refractivity contribution >= 4 is 22.7 Å². The van der Waals surface area contributed by atoms with E-state index in [1.165, 1.54) is 13.0 Å². The van der Waals surface area contributed by atoms with Gasteiger partial charge in [0.05, 0.1) is 0 Å². The van der Waals surface area contributed by atoms with Crippen molar-refractivity contribution in [2.75, 3.05) is 6.61 Å². The number of hydrogen-bond donors (Lipinski definition) is 1. The molecule has 0 saturated carbocycles. The normalized spacial score (nSPS) is 11.8. The van der Waals surface area contributed by atoms with Crippen LogP contribution in [0, 0.1) is 0 Å². The zero-order valence-corrected chi connectivity index (χ0v) is 16.4. The summed E-state index contributed by atoms with van der Waals surface area (Å²) < 4.78 is 10.7. The lowest BCUT2D eigenvalue weighted by atomic mass is 10.0. The molecule has 0 spiro atoms. The molecule has 6 nitrogen and oxygen atoms in total. The highest BCUT2D eigenvalue weighted by Gasteiger charge is 2.09. The van der Waals surface area contributed by atoms with Gasteiger partial charge in [0.1, 0.15) is 11.3 Å². The first-order valence-corrected chi connectivity index (χ1v) is 9.46. The Balaban J connectivity index is 1.55. The summed E-state index contributed by atoms with van der Waals surface area (Å²) >= 11 is 0. The van der Waals surface area contributed by atoms with E-state index in [4.69, 9.17) is 9.15 Å². The predicted octanol–water partition coefficient (Wildman–Crippen LogP) is 3.51. The van der Waals surface area contributed by atoms with E-state index in [0.29, 0.717) is 16.9 Å². The first-order valence-electron chi connectivity index (χ1n) is 9.46. The van der Waals surface area contributed by atoms with Crippen molar-refractivity contribution in [3.8, 4) is 5.75 Å². The van der Waals surface area contributed by atoms with Crippen LogP contribution < -0.4 is 15.7 Å². The van der Waals surface area contributed by atoms with Crippen molar-refractivity contribution < 1.29 is 18.7 Å². The van der Waals surface area contributed by atoms with Crippen LogP contribution in [0.1, 0.15) is 36.2 Å². The van der Waals surface area contributed by atoms with E-state index in [-0.39, 0.29) is 24.3 Å². The SMILES string of the molecule is CC(=O)N[C@@H](C)CCc1ccc(C(=O)COc2ccc3ccc(=O)oc3c2)cc1. The number of Topliss-reactive ketones (excluding diaryl/α,β-unsaturated/α-hetero) is 1. The molecule has 0 aliphatic heterocycles. The number of fused-ring (bicyclic) bond motifs is 1. The Labute approximate surface area is 168 Å². The molecule has 1 amide bonds. The largest absolute Gasteiger partial charge is 0.485 e. The molecule has 0 saturated heterocycles. The lowest BCUT2D eigenvalue weighted by Gasteiger charge is -2.12. The van der Waals surface area contributed by atoms with Gasteiger partial charge in [0.15, 0.2) is 12.4 Å². The Kier molecular flexibility index (Phi) is 6.44. The Morgan fingerprint density at radius 1 is 1.07 bits per heavy atom. The van der Waals surface area contributed by atoms with Crippen molar-refractivity contribution in [2.45, 2.75) is 32.7 Å². The molecular formula is C23H23NO5. The summed E-state index contributed by atoms with van der Waals surface area (Å²) in [5.74, 6) is 0.286. The number of ketones is 1. The molecule has 29 heavy (non-hydrogen) atoms. The van der Waals surface area contributed by atoms with Gasteiger partial charge in [-0.3, -0.25) is 9.59 Å². The van der Waals surface area contributed by atoms with Gasteiger partial charge in [-0.05, 0) is 43.5 Å². The molecule has 1 aromatic heterocycles. The van der Waals surface area contributed by atoms with Crippen LogP contribution in [0.4, 0.5) is 0 Å². The van der Waals surface area contributed by atoms with Gasteiger partial charge in [0.25, 0.3) is 0 Å². The zero-order chi connectivity index (χ0) is 20.8. The second-order valence-corrected chi connectivity index (χ2v) is 7.00. The van der Waals surface area contributed by atoms with Gasteiger partial charge in [-0.1, -0.05) is 24.3 Å². The summed E-state index contributed by atoms with van der Waals surface area (Å²) in [5, 5.41) is 3.64. The lowest BCUT2D eigenvalue weighted by Crippen LogP contribution is -2.30. The highest BCUT2D eigenvalue weighted by molar-refractivity contribution is 5.97. The molecule has 3 aromatic rings. The van der Waals surface area contributed by atoms with Gasteiger partial charge in [-0.2, -0.15) is 0 Å². The second kappa shape index (κ2) is 9.19. The van der Waals surface area contributed by atoms with E-state index in [0.717, 1.165) is 23.8 Å². The summed E-state index contributed by atoms with van der Waals surface area (Å²) in [5.41, 5.74) is 1.65. The molecule has 0 unspecified atom stereocenters. The maximum atomic E-state index is 12.4. The quantitative estimate of drug-likeness (QED) is 0.468. The molecule has 150 valence electrons. The van der Waals surface area contributed by atoms with Crippen LogP contribution in [-0.4, -0.2) is 24.3 Å². The van der Waals surface area contributed by atoms with E-state index in [9.17, 15) is 14.4 Å². The highest BCUT2D eigenvalue weighted by atomic mass is 16.5. The minimum Gasteiger partial charge on any atom is -0.485 e. The summed E-state index contributed by atoms with van der Waals surface area (Å²) in [6.07, 6.45) is 1.64. The van der Waals surface area contributed by atoms with Crippen molar-refractivity contribution in [1.82, 2.24) is 5.32 Å². The zero-order valence-electron chi connectivity index (χ0n) is 16.4. The van der Waals surface area contributed by atoms with E-state index in [1.807, 2.05) is 19.1 Å². The fourth-order valence-electron chi connectivity index (χ4n) is 3.02. The van der Waals surface area contributed by atoms with E-state index in [1.54, 1.807) is 36.4 Å². The third kappa shape index (κ3) is 5.78. The fraction of sp³-hybridized carbons (Fsp3) is 0.261. The topological polar surface area (TPSA) is 85.6 Å². The van der Waals surface area contributed by atoms with Crippen molar-refractivity contribution in [3.63, 3.8) is 0 Å². The van der Waals surface area contributed by atoms with Crippen LogP contribution in [0.2, 0.25) is 0 Å². The predicted molar refractivity (Wildman–Crippen MR) is 110 cm³/mol. The minimum absolute atomic E-state index is 0.0352. The number of carbonyl (C=O) groups excluding carboxylic acids is 2. The molecule has 6 heteroatoms. The minimum atomic E-state index is -0.433. The van der Waals surface area contributed by atoms with Crippen LogP contribution >= 0.6 is 0 Å². The molecule has 1 N–H and O–H groups in total. The van der Waals surface area contributed by atoms with Crippen LogP contribution in [0.3, 0.4) is 0 Å². The van der Waals surface area contributed by atoms with E-state index >= 15 is 0 Å². The molecule has 2 aromatic carbocycles. The Bertz CT molecular complexity index is 1070. The number of ether oxygens (including phenoxy) is 1. The average Bonchev–Trinajstić information content (AvgIpc) is 2.70. The first kappa shape index (κ1) is 20.3. The monoisotopic (exact) mass is 393 g/mol. The molecule has 0 aliphatic carbocycles. The van der Waals surface area contributed by atoms with Gasteiger partial charge in [0.2, 0.25) is 5.91 Å². The number of carbonyl (C=O) groups is 2. The Morgan fingerprint density at radius 3 is 2.52 bits per heavy atom. The third-order valence-electron chi connectivity index (χ3n) is 4.56. The summed E-state index contributed by atoms with van der Waals surface area (Å²) in [6.45, 7) is 3.36. The maximum Gasteiger partial charge on any atom is 0.336 e. The van der Waals surface area contributed by atoms with Crippen LogP contribution in [0.25, 0.3) is 11.0 Å². The molecule has 0 radical (unpaired) electrons. The molecule has 3 rings (SSSR count). The molecule has 0 fully saturated rings. The number of benzene rings is 2. The van der Waals surface area contributed by atoms with Gasteiger partial charge < -0.3 is 14.5 Å². The van der Waals surface area contributed by atoms with Gasteiger partial charge in [0, 0.05) is 36.0 Å². The fourth-order valence-corrected chi connectivity index (χ4v) is 3.02. The van der Waals surface area contributed by atoms with Crippen molar-refractivity contribution in [1.29, 1.82) is 0 Å². The number of amides is 1. The first-order chi connectivity index (χ1) is 13.9. The standard InChI is InChI=1S/C23H23NO5/c1-15(24-16(2)25)3-4-17-5-7-18(8-6-17)21(26)14-28-20-11-9-19-10-12-23(27)29-22(19)13-20/h5-13,15H,3-4,14H2,1-2H3,(H,24,25)/t15-/m0/s1. The molecule has 1 atom stereocenters. The van der Waals surface area contributed by atoms with Crippen LogP contribution in [0.5, 0.6) is 5.75 Å². The van der Waals surface area contributed by atoms with Gasteiger partial charge >= 0.3 is 5.63 Å². The Hall–Kier alpha value is -3.41.